The molecular formula is C15H16F3NO. The summed E-state index contributed by atoms with van der Waals surface area (Å²) in [5.74, 6) is -2.57. The minimum absolute atomic E-state index is 0.0374. The molecule has 2 nitrogen and oxygen atoms in total. The largest absolute Gasteiger partial charge is 0.467 e. The number of aryl methyl sites for hydroxylation is 1. The van der Waals surface area contributed by atoms with Crippen LogP contribution in [0, 0.1) is 24.4 Å². The number of benzene rings is 1. The van der Waals surface area contributed by atoms with Crippen molar-refractivity contribution in [2.45, 2.75) is 26.3 Å². The summed E-state index contributed by atoms with van der Waals surface area (Å²) in [6, 6.07) is 2.54. The van der Waals surface area contributed by atoms with Crippen LogP contribution in [0.3, 0.4) is 0 Å². The first-order valence-corrected chi connectivity index (χ1v) is 6.46. The van der Waals surface area contributed by atoms with Crippen LogP contribution < -0.4 is 5.32 Å². The Bertz CT molecular complexity index is 595. The fraction of sp³-hybridized carbons (Fsp3) is 0.333. The van der Waals surface area contributed by atoms with Crippen molar-refractivity contribution < 1.29 is 17.6 Å². The van der Waals surface area contributed by atoms with Gasteiger partial charge in [0.05, 0.1) is 12.3 Å². The maximum absolute atomic E-state index is 13.9. The number of halogens is 3. The SMILES string of the molecule is CCCNC(c1cc(F)c(F)cc1F)c1occc1C. The van der Waals surface area contributed by atoms with Gasteiger partial charge in [-0.2, -0.15) is 0 Å². The number of furan rings is 1. The molecule has 1 aromatic heterocycles. The average molecular weight is 283 g/mol. The topological polar surface area (TPSA) is 25.2 Å². The summed E-state index contributed by atoms with van der Waals surface area (Å²) >= 11 is 0. The molecule has 1 N–H and O–H groups in total. The van der Waals surface area contributed by atoms with Crippen molar-refractivity contribution in [2.75, 3.05) is 6.54 Å². The molecular weight excluding hydrogens is 267 g/mol. The summed E-state index contributed by atoms with van der Waals surface area (Å²) in [5.41, 5.74) is 0.859. The maximum atomic E-state index is 13.9. The predicted molar refractivity (Wildman–Crippen MR) is 69.9 cm³/mol. The second-order valence-corrected chi connectivity index (χ2v) is 4.64. The zero-order valence-corrected chi connectivity index (χ0v) is 11.3. The molecule has 0 spiro atoms. The van der Waals surface area contributed by atoms with E-state index in [9.17, 15) is 13.2 Å². The van der Waals surface area contributed by atoms with Gasteiger partial charge in [0.1, 0.15) is 11.6 Å². The van der Waals surface area contributed by atoms with Gasteiger partial charge in [-0.15, -0.1) is 0 Å². The van der Waals surface area contributed by atoms with Crippen molar-refractivity contribution >= 4 is 0 Å². The molecule has 1 aromatic carbocycles. The molecule has 0 amide bonds. The lowest BCUT2D eigenvalue weighted by Crippen LogP contribution is -2.24. The van der Waals surface area contributed by atoms with Gasteiger partial charge >= 0.3 is 0 Å². The van der Waals surface area contributed by atoms with Crippen LogP contribution in [0.1, 0.15) is 36.3 Å². The summed E-state index contributed by atoms with van der Waals surface area (Å²) < 4.78 is 45.7. The lowest BCUT2D eigenvalue weighted by molar-refractivity contribution is 0.426. The highest BCUT2D eigenvalue weighted by molar-refractivity contribution is 5.32. The Labute approximate surface area is 115 Å². The van der Waals surface area contributed by atoms with E-state index < -0.39 is 23.5 Å². The van der Waals surface area contributed by atoms with Gasteiger partial charge in [0.2, 0.25) is 0 Å². The Balaban J connectivity index is 2.46. The molecule has 0 saturated heterocycles. The van der Waals surface area contributed by atoms with Crippen LogP contribution in [-0.4, -0.2) is 6.54 Å². The second-order valence-electron chi connectivity index (χ2n) is 4.64. The molecule has 0 aliphatic rings. The third-order valence-electron chi connectivity index (χ3n) is 3.11. The minimum atomic E-state index is -1.20. The quantitative estimate of drug-likeness (QED) is 0.836. The van der Waals surface area contributed by atoms with E-state index >= 15 is 0 Å². The first-order chi connectivity index (χ1) is 9.54. The number of hydrogen-bond donors (Lipinski definition) is 1. The van der Waals surface area contributed by atoms with Crippen molar-refractivity contribution in [1.29, 1.82) is 0 Å². The zero-order chi connectivity index (χ0) is 14.7. The van der Waals surface area contributed by atoms with Crippen LogP contribution in [0.25, 0.3) is 0 Å². The Morgan fingerprint density at radius 2 is 1.85 bits per heavy atom. The molecule has 0 radical (unpaired) electrons. The van der Waals surface area contributed by atoms with Gasteiger partial charge in [-0.1, -0.05) is 6.92 Å². The molecule has 1 atom stereocenters. The third kappa shape index (κ3) is 2.88. The highest BCUT2D eigenvalue weighted by Gasteiger charge is 2.23. The van der Waals surface area contributed by atoms with Gasteiger partial charge in [-0.3, -0.25) is 0 Å². The first-order valence-electron chi connectivity index (χ1n) is 6.46. The first kappa shape index (κ1) is 14.7. The Morgan fingerprint density at radius 3 is 2.45 bits per heavy atom. The van der Waals surface area contributed by atoms with E-state index in [-0.39, 0.29) is 5.56 Å². The molecule has 0 saturated carbocycles. The fourth-order valence-electron chi connectivity index (χ4n) is 2.07. The van der Waals surface area contributed by atoms with E-state index in [2.05, 4.69) is 5.32 Å². The van der Waals surface area contributed by atoms with E-state index in [4.69, 9.17) is 4.42 Å². The molecule has 2 aromatic rings. The highest BCUT2D eigenvalue weighted by atomic mass is 19.2. The number of rotatable bonds is 5. The smallest absolute Gasteiger partial charge is 0.161 e. The lowest BCUT2D eigenvalue weighted by atomic mass is 10.0. The normalized spacial score (nSPS) is 12.7. The van der Waals surface area contributed by atoms with Crippen LogP contribution in [-0.2, 0) is 0 Å². The van der Waals surface area contributed by atoms with Gasteiger partial charge in [0, 0.05) is 11.6 Å². The van der Waals surface area contributed by atoms with Crippen molar-refractivity contribution in [1.82, 2.24) is 5.32 Å². The van der Waals surface area contributed by atoms with Crippen molar-refractivity contribution in [3.8, 4) is 0 Å². The molecule has 2 rings (SSSR count). The predicted octanol–water partition coefficient (Wildman–Crippen LogP) is 4.09. The van der Waals surface area contributed by atoms with Gasteiger partial charge in [-0.05, 0) is 37.6 Å². The van der Waals surface area contributed by atoms with Gasteiger partial charge in [0.15, 0.2) is 11.6 Å². The summed E-state index contributed by atoms with van der Waals surface area (Å²) in [6.07, 6.45) is 2.31. The van der Waals surface area contributed by atoms with Crippen molar-refractivity contribution in [3.05, 3.63) is 58.8 Å². The van der Waals surface area contributed by atoms with Crippen LogP contribution in [0.5, 0.6) is 0 Å². The van der Waals surface area contributed by atoms with Gasteiger partial charge in [-0.25, -0.2) is 13.2 Å². The molecule has 1 heterocycles. The molecule has 108 valence electrons. The van der Waals surface area contributed by atoms with Crippen molar-refractivity contribution in [3.63, 3.8) is 0 Å². The Morgan fingerprint density at radius 1 is 1.15 bits per heavy atom. The fourth-order valence-corrected chi connectivity index (χ4v) is 2.07. The highest BCUT2D eigenvalue weighted by Crippen LogP contribution is 2.29. The van der Waals surface area contributed by atoms with Crippen LogP contribution in [0.15, 0.2) is 28.9 Å². The molecule has 5 heteroatoms. The standard InChI is InChI=1S/C15H16F3NO/c1-3-5-19-14(15-9(2)4-6-20-15)10-7-12(17)13(18)8-11(10)16/h4,6-8,14,19H,3,5H2,1-2H3. The Hall–Kier alpha value is -1.75. The minimum Gasteiger partial charge on any atom is -0.467 e. The average Bonchev–Trinajstić information content (AvgIpc) is 2.82. The summed E-state index contributed by atoms with van der Waals surface area (Å²) in [4.78, 5) is 0. The monoisotopic (exact) mass is 283 g/mol. The molecule has 1 unspecified atom stereocenters. The molecule has 0 bridgehead atoms. The van der Waals surface area contributed by atoms with E-state index in [1.54, 1.807) is 6.07 Å². The van der Waals surface area contributed by atoms with E-state index in [1.165, 1.54) is 6.26 Å². The van der Waals surface area contributed by atoms with E-state index in [0.717, 1.165) is 18.1 Å². The number of hydrogen-bond acceptors (Lipinski definition) is 2. The number of nitrogens with one attached hydrogen (secondary N) is 1. The van der Waals surface area contributed by atoms with Crippen molar-refractivity contribution in [2.24, 2.45) is 0 Å². The summed E-state index contributed by atoms with van der Waals surface area (Å²) in [6.45, 7) is 4.38. The van der Waals surface area contributed by atoms with Gasteiger partial charge in [0.25, 0.3) is 0 Å². The lowest BCUT2D eigenvalue weighted by Gasteiger charge is -2.18. The molecule has 0 aliphatic heterocycles. The third-order valence-corrected chi connectivity index (χ3v) is 3.11. The maximum Gasteiger partial charge on any atom is 0.161 e. The second kappa shape index (κ2) is 6.13. The summed E-state index contributed by atoms with van der Waals surface area (Å²) in [7, 11) is 0. The van der Waals surface area contributed by atoms with Crippen LogP contribution in [0.2, 0.25) is 0 Å². The van der Waals surface area contributed by atoms with E-state index in [1.807, 2.05) is 13.8 Å². The van der Waals surface area contributed by atoms with Crippen LogP contribution >= 0.6 is 0 Å². The molecule has 0 fully saturated rings. The molecule has 0 aliphatic carbocycles. The van der Waals surface area contributed by atoms with Gasteiger partial charge < -0.3 is 9.73 Å². The van der Waals surface area contributed by atoms with E-state index in [0.29, 0.717) is 18.4 Å². The zero-order valence-electron chi connectivity index (χ0n) is 11.3. The summed E-state index contributed by atoms with van der Waals surface area (Å²) in [5, 5.41) is 3.09. The van der Waals surface area contributed by atoms with Crippen LogP contribution in [0.4, 0.5) is 13.2 Å². The molecule has 20 heavy (non-hydrogen) atoms. The Kier molecular flexibility index (Phi) is 4.49.